The molecular weight excluding hydrogens is 450 g/mol. The Kier molecular flexibility index (Phi) is 6.05. The zero-order chi connectivity index (χ0) is 22.8. The van der Waals surface area contributed by atoms with Crippen LogP contribution in [0.25, 0.3) is 27.8 Å². The van der Waals surface area contributed by atoms with Crippen molar-refractivity contribution in [3.05, 3.63) is 88.3 Å². The summed E-state index contributed by atoms with van der Waals surface area (Å²) < 4.78 is 60.2. The lowest BCUT2D eigenvalue weighted by molar-refractivity contribution is -0.0505. The SMILES string of the molecule is O=c1c(-c2ccc(OC(F)F)cc2)cn2ccc(Cl)cc2c1-c1ccc(OC(F)F)cc1. The van der Waals surface area contributed by atoms with Crippen LogP contribution in [0.1, 0.15) is 0 Å². The highest BCUT2D eigenvalue weighted by Gasteiger charge is 2.16. The maximum absolute atomic E-state index is 13.5. The van der Waals surface area contributed by atoms with Gasteiger partial charge in [-0.05, 0) is 47.5 Å². The van der Waals surface area contributed by atoms with Crippen molar-refractivity contribution in [3.63, 3.8) is 0 Å². The largest absolute Gasteiger partial charge is 0.435 e. The number of hydrogen-bond donors (Lipinski definition) is 0. The summed E-state index contributed by atoms with van der Waals surface area (Å²) in [6.07, 6.45) is 3.28. The molecule has 9 heteroatoms. The van der Waals surface area contributed by atoms with Crippen molar-refractivity contribution >= 4 is 17.1 Å². The predicted octanol–water partition coefficient (Wildman–Crippen LogP) is 6.49. The summed E-state index contributed by atoms with van der Waals surface area (Å²) in [6, 6.07) is 14.6. The Labute approximate surface area is 184 Å². The monoisotopic (exact) mass is 463 g/mol. The van der Waals surface area contributed by atoms with E-state index in [0.717, 1.165) is 0 Å². The summed E-state index contributed by atoms with van der Waals surface area (Å²) in [5, 5.41) is 0.407. The van der Waals surface area contributed by atoms with Crippen molar-refractivity contribution in [3.8, 4) is 33.8 Å². The Morgan fingerprint density at radius 3 is 1.84 bits per heavy atom. The molecule has 0 saturated carbocycles. The number of pyridine rings is 2. The van der Waals surface area contributed by atoms with Crippen LogP contribution in [-0.4, -0.2) is 17.6 Å². The van der Waals surface area contributed by atoms with Gasteiger partial charge in [-0.2, -0.15) is 17.6 Å². The fourth-order valence-corrected chi connectivity index (χ4v) is 3.51. The van der Waals surface area contributed by atoms with Crippen molar-refractivity contribution < 1.29 is 27.0 Å². The molecule has 0 spiro atoms. The second-order valence-electron chi connectivity index (χ2n) is 6.69. The molecule has 2 aromatic carbocycles. The molecule has 0 aliphatic rings. The van der Waals surface area contributed by atoms with Crippen LogP contribution in [0.3, 0.4) is 0 Å². The van der Waals surface area contributed by atoms with Gasteiger partial charge in [0.15, 0.2) is 5.43 Å². The van der Waals surface area contributed by atoms with Gasteiger partial charge in [-0.25, -0.2) is 0 Å². The summed E-state index contributed by atoms with van der Waals surface area (Å²) in [5.74, 6) is -0.0803. The summed E-state index contributed by atoms with van der Waals surface area (Å²) >= 11 is 6.13. The number of nitrogens with zero attached hydrogens (tertiary/aromatic N) is 1. The average Bonchev–Trinajstić information content (AvgIpc) is 2.74. The van der Waals surface area contributed by atoms with E-state index in [0.29, 0.717) is 32.8 Å². The normalized spacial score (nSPS) is 11.3. The van der Waals surface area contributed by atoms with Crippen LogP contribution < -0.4 is 14.9 Å². The van der Waals surface area contributed by atoms with Gasteiger partial charge in [0, 0.05) is 23.0 Å². The lowest BCUT2D eigenvalue weighted by atomic mass is 9.98. The van der Waals surface area contributed by atoms with E-state index in [-0.39, 0.29) is 16.9 Å². The van der Waals surface area contributed by atoms with Gasteiger partial charge in [0.1, 0.15) is 11.5 Å². The highest BCUT2D eigenvalue weighted by molar-refractivity contribution is 6.31. The van der Waals surface area contributed by atoms with Crippen molar-refractivity contribution in [1.82, 2.24) is 4.40 Å². The highest BCUT2D eigenvalue weighted by atomic mass is 35.5. The first-order valence-corrected chi connectivity index (χ1v) is 9.64. The van der Waals surface area contributed by atoms with Gasteiger partial charge in [-0.3, -0.25) is 4.79 Å². The van der Waals surface area contributed by atoms with Gasteiger partial charge < -0.3 is 13.9 Å². The molecule has 2 heterocycles. The van der Waals surface area contributed by atoms with Gasteiger partial charge in [-0.1, -0.05) is 35.9 Å². The van der Waals surface area contributed by atoms with Crippen molar-refractivity contribution in [2.75, 3.05) is 0 Å². The first-order valence-electron chi connectivity index (χ1n) is 9.27. The Morgan fingerprint density at radius 2 is 1.31 bits per heavy atom. The molecule has 0 amide bonds. The second-order valence-corrected chi connectivity index (χ2v) is 7.13. The van der Waals surface area contributed by atoms with Crippen LogP contribution >= 0.6 is 11.6 Å². The highest BCUT2D eigenvalue weighted by Crippen LogP contribution is 2.29. The third kappa shape index (κ3) is 4.55. The molecule has 4 nitrogen and oxygen atoms in total. The van der Waals surface area contributed by atoms with Crippen LogP contribution in [0.5, 0.6) is 11.5 Å². The van der Waals surface area contributed by atoms with Gasteiger partial charge in [0.2, 0.25) is 0 Å². The van der Waals surface area contributed by atoms with E-state index < -0.39 is 13.2 Å². The minimum Gasteiger partial charge on any atom is -0.435 e. The molecule has 0 fully saturated rings. The van der Waals surface area contributed by atoms with E-state index >= 15 is 0 Å². The molecule has 0 aliphatic carbocycles. The van der Waals surface area contributed by atoms with Gasteiger partial charge in [0.25, 0.3) is 0 Å². The number of rotatable bonds is 6. The topological polar surface area (TPSA) is 39.9 Å². The number of ether oxygens (including phenoxy) is 2. The summed E-state index contributed by atoms with van der Waals surface area (Å²) in [7, 11) is 0. The first kappa shape index (κ1) is 21.7. The molecule has 0 N–H and O–H groups in total. The minimum atomic E-state index is -2.97. The van der Waals surface area contributed by atoms with Gasteiger partial charge >= 0.3 is 13.2 Å². The fraction of sp³-hybridized carbons (Fsp3) is 0.0870. The standard InChI is InChI=1S/C23H14ClF4NO3/c24-15-9-10-29-12-18(13-1-5-16(6-2-13)31-22(25)26)21(30)20(19(29)11-15)14-3-7-17(8-4-14)32-23(27)28/h1-12,22-23H. The Morgan fingerprint density at radius 1 is 0.781 bits per heavy atom. The summed E-state index contributed by atoms with van der Waals surface area (Å²) in [6.45, 7) is -5.92. The molecule has 0 radical (unpaired) electrons. The zero-order valence-corrected chi connectivity index (χ0v) is 16.9. The molecule has 4 aromatic rings. The molecule has 2 aromatic heterocycles. The zero-order valence-electron chi connectivity index (χ0n) is 16.1. The molecule has 0 bridgehead atoms. The van der Waals surface area contributed by atoms with Crippen LogP contribution in [0.15, 0.2) is 77.9 Å². The van der Waals surface area contributed by atoms with E-state index in [1.165, 1.54) is 48.5 Å². The van der Waals surface area contributed by atoms with E-state index in [9.17, 15) is 22.4 Å². The molecule has 0 atom stereocenters. The summed E-state index contributed by atoms with van der Waals surface area (Å²) in [4.78, 5) is 13.5. The van der Waals surface area contributed by atoms with E-state index in [1.807, 2.05) is 0 Å². The minimum absolute atomic E-state index is 0.0359. The first-order chi connectivity index (χ1) is 15.3. The van der Waals surface area contributed by atoms with E-state index in [1.54, 1.807) is 28.9 Å². The third-order valence-corrected chi connectivity index (χ3v) is 4.94. The van der Waals surface area contributed by atoms with Crippen molar-refractivity contribution in [2.24, 2.45) is 0 Å². The molecule has 32 heavy (non-hydrogen) atoms. The molecule has 164 valence electrons. The van der Waals surface area contributed by atoms with Crippen LogP contribution in [0.4, 0.5) is 17.6 Å². The van der Waals surface area contributed by atoms with Crippen LogP contribution in [0.2, 0.25) is 5.02 Å². The number of benzene rings is 2. The van der Waals surface area contributed by atoms with E-state index in [4.69, 9.17) is 11.6 Å². The second kappa shape index (κ2) is 8.92. The van der Waals surface area contributed by atoms with E-state index in [2.05, 4.69) is 9.47 Å². The number of halogens is 5. The average molecular weight is 464 g/mol. The van der Waals surface area contributed by atoms with Crippen LogP contribution in [0, 0.1) is 0 Å². The molecule has 4 rings (SSSR count). The number of aromatic nitrogens is 1. The Bertz CT molecular complexity index is 1310. The smallest absolute Gasteiger partial charge is 0.387 e. The third-order valence-electron chi connectivity index (χ3n) is 4.70. The van der Waals surface area contributed by atoms with Crippen molar-refractivity contribution in [2.45, 2.75) is 13.2 Å². The number of alkyl halides is 4. The van der Waals surface area contributed by atoms with Crippen LogP contribution in [-0.2, 0) is 0 Å². The lowest BCUT2D eigenvalue weighted by Crippen LogP contribution is -2.12. The number of fused-ring (bicyclic) bond motifs is 1. The lowest BCUT2D eigenvalue weighted by Gasteiger charge is -2.13. The fourth-order valence-electron chi connectivity index (χ4n) is 3.35. The quantitative estimate of drug-likeness (QED) is 0.307. The van der Waals surface area contributed by atoms with Gasteiger partial charge in [-0.15, -0.1) is 0 Å². The number of hydrogen-bond acceptors (Lipinski definition) is 3. The Hall–Kier alpha value is -3.52. The summed E-state index contributed by atoms with van der Waals surface area (Å²) in [5.41, 5.74) is 1.71. The molecule has 0 unspecified atom stereocenters. The molecule has 0 saturated heterocycles. The van der Waals surface area contributed by atoms with Crippen molar-refractivity contribution in [1.29, 1.82) is 0 Å². The Balaban J connectivity index is 1.87. The maximum atomic E-state index is 13.5. The molecular formula is C23H14ClF4NO3. The molecule has 0 aliphatic heterocycles. The maximum Gasteiger partial charge on any atom is 0.387 e. The predicted molar refractivity (Wildman–Crippen MR) is 113 cm³/mol. The van der Waals surface area contributed by atoms with Gasteiger partial charge in [0.05, 0.1) is 11.1 Å².